The highest BCUT2D eigenvalue weighted by atomic mass is 14.2. The van der Waals surface area contributed by atoms with Crippen LogP contribution in [0.1, 0.15) is 48.5 Å². The zero-order valence-electron chi connectivity index (χ0n) is 9.73. The lowest BCUT2D eigenvalue weighted by atomic mass is 9.80. The molecule has 0 fully saturated rings. The second kappa shape index (κ2) is 4.11. The summed E-state index contributed by atoms with van der Waals surface area (Å²) in [5, 5.41) is 0. The quantitative estimate of drug-likeness (QED) is 0.540. The van der Waals surface area contributed by atoms with Crippen LogP contribution in [0.5, 0.6) is 0 Å². The Kier molecular flexibility index (Phi) is 4.02. The highest BCUT2D eigenvalue weighted by molar-refractivity contribution is 5.04. The SMILES string of the molecule is C/C(=C\C(C)C(C)(C)C)C(C)C. The van der Waals surface area contributed by atoms with Gasteiger partial charge in [-0.15, -0.1) is 0 Å². The Bertz CT molecular complexity index is 155. The van der Waals surface area contributed by atoms with Gasteiger partial charge in [0.15, 0.2) is 0 Å². The first kappa shape index (κ1) is 11.7. The van der Waals surface area contributed by atoms with Crippen molar-refractivity contribution >= 4 is 0 Å². The molecule has 0 aromatic heterocycles. The molecule has 0 heterocycles. The van der Waals surface area contributed by atoms with Crippen LogP contribution in [0.15, 0.2) is 11.6 Å². The van der Waals surface area contributed by atoms with Crippen molar-refractivity contribution in [3.63, 3.8) is 0 Å². The van der Waals surface area contributed by atoms with Crippen molar-refractivity contribution in [2.24, 2.45) is 17.3 Å². The molecule has 0 amide bonds. The van der Waals surface area contributed by atoms with Crippen LogP contribution in [0.25, 0.3) is 0 Å². The topological polar surface area (TPSA) is 0 Å². The van der Waals surface area contributed by atoms with E-state index in [1.165, 1.54) is 5.57 Å². The minimum atomic E-state index is 0.399. The molecule has 0 aliphatic carbocycles. The summed E-state index contributed by atoms with van der Waals surface area (Å²) in [4.78, 5) is 0. The molecule has 0 rings (SSSR count). The summed E-state index contributed by atoms with van der Waals surface area (Å²) in [6, 6.07) is 0. The van der Waals surface area contributed by atoms with Gasteiger partial charge in [0, 0.05) is 0 Å². The van der Waals surface area contributed by atoms with E-state index >= 15 is 0 Å². The maximum absolute atomic E-state index is 2.41. The average Bonchev–Trinajstić information content (AvgIpc) is 1.85. The van der Waals surface area contributed by atoms with Crippen LogP contribution in [0.2, 0.25) is 0 Å². The van der Waals surface area contributed by atoms with Crippen molar-refractivity contribution in [1.29, 1.82) is 0 Å². The van der Waals surface area contributed by atoms with Gasteiger partial charge in [0.2, 0.25) is 0 Å². The molecule has 0 bridgehead atoms. The van der Waals surface area contributed by atoms with Crippen molar-refractivity contribution in [1.82, 2.24) is 0 Å². The lowest BCUT2D eigenvalue weighted by molar-refractivity contribution is 0.312. The van der Waals surface area contributed by atoms with E-state index in [-0.39, 0.29) is 0 Å². The highest BCUT2D eigenvalue weighted by Gasteiger charge is 2.17. The minimum absolute atomic E-state index is 0.399. The molecule has 1 atom stereocenters. The van der Waals surface area contributed by atoms with Crippen LogP contribution < -0.4 is 0 Å². The highest BCUT2D eigenvalue weighted by Crippen LogP contribution is 2.28. The van der Waals surface area contributed by atoms with Gasteiger partial charge in [-0.2, -0.15) is 0 Å². The number of hydrogen-bond donors (Lipinski definition) is 0. The fourth-order valence-electron chi connectivity index (χ4n) is 0.837. The van der Waals surface area contributed by atoms with Crippen LogP contribution in [0.3, 0.4) is 0 Å². The number of hydrogen-bond acceptors (Lipinski definition) is 0. The van der Waals surface area contributed by atoms with Crippen LogP contribution in [0.4, 0.5) is 0 Å². The summed E-state index contributed by atoms with van der Waals surface area (Å²) in [5.41, 5.74) is 1.91. The van der Waals surface area contributed by atoms with E-state index in [4.69, 9.17) is 0 Å². The van der Waals surface area contributed by atoms with E-state index in [2.05, 4.69) is 54.5 Å². The Morgan fingerprint density at radius 2 is 1.50 bits per heavy atom. The molecule has 0 spiro atoms. The Labute approximate surface area is 78.1 Å². The van der Waals surface area contributed by atoms with Gasteiger partial charge in [0.25, 0.3) is 0 Å². The molecule has 0 saturated heterocycles. The molecule has 72 valence electrons. The number of allylic oxidation sites excluding steroid dienone is 2. The molecule has 0 aromatic carbocycles. The summed E-state index contributed by atoms with van der Waals surface area (Å²) in [6.45, 7) is 15.9. The van der Waals surface area contributed by atoms with Crippen molar-refractivity contribution < 1.29 is 0 Å². The molecule has 0 aliphatic heterocycles. The molecular formula is C12H24. The lowest BCUT2D eigenvalue weighted by Gasteiger charge is -2.25. The van der Waals surface area contributed by atoms with Gasteiger partial charge in [-0.1, -0.05) is 53.2 Å². The van der Waals surface area contributed by atoms with Gasteiger partial charge in [0.05, 0.1) is 0 Å². The summed E-state index contributed by atoms with van der Waals surface area (Å²) < 4.78 is 0. The average molecular weight is 168 g/mol. The fraction of sp³-hybridized carbons (Fsp3) is 0.833. The van der Waals surface area contributed by atoms with Crippen LogP contribution in [-0.2, 0) is 0 Å². The number of rotatable bonds is 2. The normalized spacial score (nSPS) is 16.8. The van der Waals surface area contributed by atoms with Gasteiger partial charge in [-0.05, 0) is 24.2 Å². The molecule has 0 saturated carbocycles. The molecule has 0 nitrogen and oxygen atoms in total. The molecule has 0 aromatic rings. The summed E-state index contributed by atoms with van der Waals surface area (Å²) in [7, 11) is 0. The maximum Gasteiger partial charge on any atom is -0.0211 e. The third-order valence-corrected chi connectivity index (χ3v) is 2.79. The maximum atomic E-state index is 2.41. The van der Waals surface area contributed by atoms with Gasteiger partial charge < -0.3 is 0 Å². The third-order valence-electron chi connectivity index (χ3n) is 2.79. The van der Waals surface area contributed by atoms with E-state index in [0.717, 1.165) is 0 Å². The van der Waals surface area contributed by atoms with Gasteiger partial charge in [-0.25, -0.2) is 0 Å². The van der Waals surface area contributed by atoms with Crippen LogP contribution in [0, 0.1) is 17.3 Å². The largest absolute Gasteiger partial charge is 0.0820 e. The van der Waals surface area contributed by atoms with Crippen molar-refractivity contribution in [3.8, 4) is 0 Å². The van der Waals surface area contributed by atoms with E-state index in [0.29, 0.717) is 17.3 Å². The predicted octanol–water partition coefficient (Wildman–Crippen LogP) is 4.27. The van der Waals surface area contributed by atoms with E-state index in [9.17, 15) is 0 Å². The predicted molar refractivity (Wildman–Crippen MR) is 57.2 cm³/mol. The standard InChI is InChI=1S/C12H24/c1-9(2)10(3)8-11(4)12(5,6)7/h8-9,11H,1-7H3/b10-8+. The van der Waals surface area contributed by atoms with E-state index < -0.39 is 0 Å². The molecule has 0 N–H and O–H groups in total. The van der Waals surface area contributed by atoms with Crippen molar-refractivity contribution in [2.45, 2.75) is 48.5 Å². The minimum Gasteiger partial charge on any atom is -0.0820 e. The van der Waals surface area contributed by atoms with Crippen LogP contribution >= 0.6 is 0 Å². The second-order valence-corrected chi connectivity index (χ2v) is 5.22. The zero-order valence-corrected chi connectivity index (χ0v) is 9.73. The van der Waals surface area contributed by atoms with Crippen molar-refractivity contribution in [3.05, 3.63) is 11.6 Å². The first-order valence-corrected chi connectivity index (χ1v) is 4.93. The monoisotopic (exact) mass is 168 g/mol. The van der Waals surface area contributed by atoms with E-state index in [1.54, 1.807) is 0 Å². The summed E-state index contributed by atoms with van der Waals surface area (Å²) >= 11 is 0. The molecule has 1 unspecified atom stereocenters. The third kappa shape index (κ3) is 3.94. The first-order chi connectivity index (χ1) is 5.25. The Morgan fingerprint density at radius 1 is 1.08 bits per heavy atom. The van der Waals surface area contributed by atoms with Gasteiger partial charge in [0.1, 0.15) is 0 Å². The van der Waals surface area contributed by atoms with Gasteiger partial charge >= 0.3 is 0 Å². The van der Waals surface area contributed by atoms with Crippen molar-refractivity contribution in [2.75, 3.05) is 0 Å². The van der Waals surface area contributed by atoms with Gasteiger partial charge in [-0.3, -0.25) is 0 Å². The molecule has 0 aliphatic rings. The second-order valence-electron chi connectivity index (χ2n) is 5.22. The Hall–Kier alpha value is -0.260. The molecule has 0 heteroatoms. The lowest BCUT2D eigenvalue weighted by Crippen LogP contribution is -2.15. The summed E-state index contributed by atoms with van der Waals surface area (Å²) in [6.07, 6.45) is 2.41. The fourth-order valence-corrected chi connectivity index (χ4v) is 0.837. The Balaban J connectivity index is 4.34. The zero-order chi connectivity index (χ0) is 9.94. The molecule has 0 radical (unpaired) electrons. The van der Waals surface area contributed by atoms with Crippen LogP contribution in [-0.4, -0.2) is 0 Å². The molecular weight excluding hydrogens is 144 g/mol. The summed E-state index contributed by atoms with van der Waals surface area (Å²) in [5.74, 6) is 1.36. The molecule has 12 heavy (non-hydrogen) atoms. The Morgan fingerprint density at radius 3 is 1.75 bits per heavy atom. The first-order valence-electron chi connectivity index (χ1n) is 4.93. The smallest absolute Gasteiger partial charge is 0.0211 e. The van der Waals surface area contributed by atoms with E-state index in [1.807, 2.05) is 0 Å².